The first-order valence-electron chi connectivity index (χ1n) is 21.0. The summed E-state index contributed by atoms with van der Waals surface area (Å²) in [6.45, 7) is -5.67. The molecule has 29 nitrogen and oxygen atoms in total. The van der Waals surface area contributed by atoms with Crippen LogP contribution in [0.5, 0.6) is 0 Å². The molecule has 17 N–H and O–H groups in total. The summed E-state index contributed by atoms with van der Waals surface area (Å²) in [4.78, 5) is 0. The Morgan fingerprint density at radius 1 is 0.246 bits per heavy atom. The van der Waals surface area contributed by atoms with Crippen LogP contribution in [0.15, 0.2) is 0 Å². The Morgan fingerprint density at radius 3 is 0.708 bits per heavy atom. The molecule has 0 spiro atoms. The fraction of sp³-hybridized carbons (Fsp3) is 1.00. The molecule has 22 fully saturated rings. The summed E-state index contributed by atoms with van der Waals surface area (Å²) < 4.78 is 68.4. The zero-order valence-corrected chi connectivity index (χ0v) is 34.2. The number of hydrogen-bond donors (Lipinski definition) is 17. The molecule has 29 atom stereocenters. The molecule has 0 aromatic heterocycles. The van der Waals surface area contributed by atoms with Crippen molar-refractivity contribution in [3.8, 4) is 0 Å². The van der Waals surface area contributed by atoms with Crippen molar-refractivity contribution in [2.75, 3.05) is 39.6 Å². The Hall–Kier alpha value is -1.16. The van der Waals surface area contributed by atoms with Gasteiger partial charge in [0.25, 0.3) is 0 Å². The van der Waals surface area contributed by atoms with E-state index in [9.17, 15) is 86.8 Å². The van der Waals surface area contributed by atoms with Gasteiger partial charge in [0.2, 0.25) is 0 Å². The highest BCUT2D eigenvalue weighted by Crippen LogP contribution is 2.38. The van der Waals surface area contributed by atoms with Crippen LogP contribution in [0.25, 0.3) is 0 Å². The molecule has 29 heteroatoms. The van der Waals surface area contributed by atoms with Crippen LogP contribution < -0.4 is 0 Å². The standard InChI is InChI=1S/C36H60O29/c37-2-9-26-8(43)1-15(54-9)60-27-10(3-38)55-33(21(49)16(27)44)62-29-12(5-40)57-35(23(51)18(29)46)64-31-14(7-42)59-36(25(53)20(31)48)65-30-13(6-41)58-34(24(52)19(30)47)63-28-11(4-39)56-32(61-26)22(50)17(28)45/h8-53H,1-7H2/t8?,9?,10?,11?,12?,13?,14?,15-,16?,17?,18+,19?,20?,21+,22+,23?,24+,25+,26+,27-,28-,29-,30-,31-,32-,33-,34-,35-,36-/m0/s1. The summed E-state index contributed by atoms with van der Waals surface area (Å²) in [7, 11) is 0. The summed E-state index contributed by atoms with van der Waals surface area (Å²) in [6.07, 6.45) is -54.0. The molecule has 22 rings (SSSR count). The number of rotatable bonds is 6. The van der Waals surface area contributed by atoms with Crippen molar-refractivity contribution in [1.82, 2.24) is 0 Å². The second-order valence-electron chi connectivity index (χ2n) is 16.7. The first-order chi connectivity index (χ1) is 31.0. The van der Waals surface area contributed by atoms with Gasteiger partial charge in [-0.2, -0.15) is 0 Å². The van der Waals surface area contributed by atoms with Gasteiger partial charge in [0, 0.05) is 6.42 Å². The average molecular weight is 957 g/mol. The molecule has 22 aliphatic heterocycles. The summed E-state index contributed by atoms with van der Waals surface area (Å²) in [6, 6.07) is 0. The van der Waals surface area contributed by atoms with Gasteiger partial charge in [0.15, 0.2) is 37.7 Å². The van der Waals surface area contributed by atoms with Gasteiger partial charge in [0.05, 0.1) is 45.7 Å². The van der Waals surface area contributed by atoms with Crippen LogP contribution in [0.4, 0.5) is 0 Å². The quantitative estimate of drug-likeness (QED) is 0.118. The Morgan fingerprint density at radius 2 is 0.462 bits per heavy atom. The van der Waals surface area contributed by atoms with Crippen molar-refractivity contribution in [2.45, 2.75) is 185 Å². The Balaban J connectivity index is 1.18. The van der Waals surface area contributed by atoms with Gasteiger partial charge in [-0.25, -0.2) is 0 Å². The fourth-order valence-corrected chi connectivity index (χ4v) is 8.93. The largest absolute Gasteiger partial charge is 0.394 e. The van der Waals surface area contributed by atoms with Crippen molar-refractivity contribution < 1.29 is 144 Å². The van der Waals surface area contributed by atoms with E-state index in [-0.39, 0.29) is 0 Å². The van der Waals surface area contributed by atoms with Crippen LogP contribution >= 0.6 is 0 Å². The van der Waals surface area contributed by atoms with Gasteiger partial charge in [-0.1, -0.05) is 0 Å². The van der Waals surface area contributed by atoms with Crippen LogP contribution in [-0.4, -0.2) is 305 Å². The highest BCUT2D eigenvalue weighted by Gasteiger charge is 2.58. The summed E-state index contributed by atoms with van der Waals surface area (Å²) >= 11 is 0. The molecule has 22 aliphatic rings. The second kappa shape index (κ2) is 21.9. The lowest BCUT2D eigenvalue weighted by Gasteiger charge is -2.50. The lowest BCUT2D eigenvalue weighted by molar-refractivity contribution is -0.400. The van der Waals surface area contributed by atoms with Gasteiger partial charge in [-0.05, 0) is 0 Å². The third-order valence-corrected chi connectivity index (χ3v) is 12.6. The van der Waals surface area contributed by atoms with E-state index < -0.39 is 224 Å². The van der Waals surface area contributed by atoms with E-state index in [1.54, 1.807) is 0 Å². The zero-order valence-electron chi connectivity index (χ0n) is 34.2. The van der Waals surface area contributed by atoms with E-state index in [2.05, 4.69) is 0 Å². The van der Waals surface area contributed by atoms with Crippen molar-refractivity contribution >= 4 is 0 Å². The van der Waals surface area contributed by atoms with Crippen molar-refractivity contribution in [1.29, 1.82) is 0 Å². The molecule has 0 aromatic rings. The maximum absolute atomic E-state index is 11.2. The molecular weight excluding hydrogens is 896 g/mol. The summed E-state index contributed by atoms with van der Waals surface area (Å²) in [5.74, 6) is 0. The van der Waals surface area contributed by atoms with Crippen molar-refractivity contribution in [2.24, 2.45) is 0 Å². The maximum atomic E-state index is 11.2. The minimum Gasteiger partial charge on any atom is -0.394 e. The minimum absolute atomic E-state index is 0.497. The Kier molecular flexibility index (Phi) is 17.4. The normalized spacial score (nSPS) is 54.9. The van der Waals surface area contributed by atoms with Gasteiger partial charge >= 0.3 is 0 Å². The number of aliphatic hydroxyl groups excluding tert-OH is 17. The van der Waals surface area contributed by atoms with Crippen LogP contribution in [0.2, 0.25) is 0 Å². The van der Waals surface area contributed by atoms with Crippen LogP contribution in [-0.2, 0) is 56.8 Å². The van der Waals surface area contributed by atoms with E-state index in [1.165, 1.54) is 0 Å². The lowest BCUT2D eigenvalue weighted by atomic mass is 9.95. The topological polar surface area (TPSA) is 455 Å². The summed E-state index contributed by atoms with van der Waals surface area (Å²) in [5, 5.41) is 184. The first-order valence-corrected chi connectivity index (χ1v) is 21.0. The average Bonchev–Trinajstić information content (AvgIpc) is 3.30. The van der Waals surface area contributed by atoms with E-state index in [4.69, 9.17) is 56.8 Å². The number of hydrogen-bond acceptors (Lipinski definition) is 29. The maximum Gasteiger partial charge on any atom is 0.187 e. The Bertz CT molecular complexity index is 1480. The molecule has 12 unspecified atom stereocenters. The van der Waals surface area contributed by atoms with Crippen LogP contribution in [0.3, 0.4) is 0 Å². The molecule has 22 heterocycles. The number of ether oxygens (including phenoxy) is 12. The Labute approximate surface area is 367 Å². The predicted octanol–water partition coefficient (Wildman–Crippen LogP) is -12.0. The molecule has 0 radical (unpaired) electrons. The first kappa shape index (κ1) is 51.7. The van der Waals surface area contributed by atoms with E-state index in [0.717, 1.165) is 0 Å². The van der Waals surface area contributed by atoms with E-state index >= 15 is 0 Å². The van der Waals surface area contributed by atoms with Gasteiger partial charge in [-0.15, -0.1) is 0 Å². The molecule has 0 amide bonds. The van der Waals surface area contributed by atoms with Gasteiger partial charge in [0.1, 0.15) is 134 Å². The molecule has 65 heavy (non-hydrogen) atoms. The third kappa shape index (κ3) is 10.2. The summed E-state index contributed by atoms with van der Waals surface area (Å²) in [5.41, 5.74) is 0. The van der Waals surface area contributed by atoms with Crippen molar-refractivity contribution in [3.63, 3.8) is 0 Å². The van der Waals surface area contributed by atoms with Crippen LogP contribution in [0.1, 0.15) is 6.42 Å². The zero-order chi connectivity index (χ0) is 47.2. The second-order valence-corrected chi connectivity index (χ2v) is 16.7. The third-order valence-electron chi connectivity index (χ3n) is 12.6. The molecule has 0 aliphatic carbocycles. The van der Waals surface area contributed by atoms with Gasteiger partial charge < -0.3 is 144 Å². The number of aliphatic hydroxyl groups is 17. The molecule has 12 bridgehead atoms. The predicted molar refractivity (Wildman–Crippen MR) is 194 cm³/mol. The smallest absolute Gasteiger partial charge is 0.187 e. The van der Waals surface area contributed by atoms with Crippen molar-refractivity contribution in [3.05, 3.63) is 0 Å². The van der Waals surface area contributed by atoms with E-state index in [0.29, 0.717) is 0 Å². The molecule has 22 saturated heterocycles. The highest BCUT2D eigenvalue weighted by molar-refractivity contribution is 5.00. The SMILES string of the molecule is OCC1O[C@@H]2CC(O)[C@H]1O[C@@H]1OC(CO)[C@H](O[C@@H]3OC(CO)[C@H](O[C@@H]4OC(CO)[C@H](O[C@@H]5OC(CO)[C@H](O[C@@H]6OC(CO)[C@H](O2)C(O)[C@H]6O)[C@H](O)C5O)C(O)[C@H]4O)C(O)[C@H]3O)C(O)[C@H]1O. The highest BCUT2D eigenvalue weighted by atomic mass is 16.8. The minimum atomic E-state index is -2.13. The molecule has 0 aromatic carbocycles. The fourth-order valence-electron chi connectivity index (χ4n) is 8.93. The monoisotopic (exact) mass is 956 g/mol. The van der Waals surface area contributed by atoms with Crippen LogP contribution in [0, 0.1) is 0 Å². The molecule has 0 saturated carbocycles. The lowest BCUT2D eigenvalue weighted by Crippen LogP contribution is -2.68. The molecule has 378 valence electrons. The molecular formula is C36H60O29. The van der Waals surface area contributed by atoms with Gasteiger partial charge in [-0.3, -0.25) is 0 Å². The van der Waals surface area contributed by atoms with E-state index in [1.807, 2.05) is 0 Å².